The summed E-state index contributed by atoms with van der Waals surface area (Å²) in [5.41, 5.74) is 8.39. The van der Waals surface area contributed by atoms with Gasteiger partial charge in [0.1, 0.15) is 5.82 Å². The highest BCUT2D eigenvalue weighted by Gasteiger charge is 2.29. The van der Waals surface area contributed by atoms with Gasteiger partial charge in [-0.15, -0.1) is 0 Å². The molecule has 0 aliphatic heterocycles. The highest BCUT2D eigenvalue weighted by molar-refractivity contribution is 5.66. The fourth-order valence-electron chi connectivity index (χ4n) is 3.32. The number of aryl methyl sites for hydroxylation is 1. The van der Waals surface area contributed by atoms with Gasteiger partial charge in [-0.3, -0.25) is 4.79 Å². The Kier molecular flexibility index (Phi) is 10.5. The first-order valence-corrected chi connectivity index (χ1v) is 10.9. The predicted octanol–water partition coefficient (Wildman–Crippen LogP) is 3.82. The van der Waals surface area contributed by atoms with E-state index in [0.717, 1.165) is 50.6 Å². The molecule has 9 nitrogen and oxygen atoms in total. The number of aromatic nitrogens is 4. The number of nitrogen functional groups attached to an aromatic ring is 1. The van der Waals surface area contributed by atoms with Crippen LogP contribution >= 0.6 is 0 Å². The van der Waals surface area contributed by atoms with Crippen LogP contribution in [0.1, 0.15) is 75.0 Å². The molecule has 4 N–H and O–H groups in total. The smallest absolute Gasteiger partial charge is 0.315 e. The average molecular weight is 431 g/mol. The molecule has 0 radical (unpaired) electrons. The van der Waals surface area contributed by atoms with Crippen molar-refractivity contribution in [2.75, 3.05) is 25.2 Å². The van der Waals surface area contributed by atoms with Gasteiger partial charge in [-0.1, -0.05) is 25.7 Å². The topological polar surface area (TPSA) is 136 Å². The molecule has 3 rings (SSSR count). The standard InChI is InChI=1S/C17H28N4O2.C5H6N2O/c1-19-17-20-13(15(12-10-11-12)16(18)21-17)8-6-4-2-3-5-7-9-14(22)23;1-8-5-6-3-2-4-7-5/h12H,2-11H2,1H3,(H,22,23)(H3,18,19,20,21);2-4H,1H3. The first-order valence-electron chi connectivity index (χ1n) is 10.9. The lowest BCUT2D eigenvalue weighted by Gasteiger charge is -2.12. The van der Waals surface area contributed by atoms with Crippen molar-refractivity contribution < 1.29 is 14.6 Å². The molecule has 0 amide bonds. The molecule has 2 aromatic heterocycles. The van der Waals surface area contributed by atoms with Crippen LogP contribution in [0.2, 0.25) is 0 Å². The molecule has 0 bridgehead atoms. The number of nitrogens with zero attached hydrogens (tertiary/aromatic N) is 4. The molecule has 0 spiro atoms. The summed E-state index contributed by atoms with van der Waals surface area (Å²) in [6, 6.07) is 2.15. The maximum Gasteiger partial charge on any atom is 0.315 e. The molecular weight excluding hydrogens is 396 g/mol. The number of nitrogens with one attached hydrogen (secondary N) is 1. The van der Waals surface area contributed by atoms with Crippen molar-refractivity contribution in [1.29, 1.82) is 0 Å². The molecule has 31 heavy (non-hydrogen) atoms. The molecule has 1 saturated carbocycles. The zero-order chi connectivity index (χ0) is 22.5. The number of hydrogen-bond donors (Lipinski definition) is 3. The Bertz CT molecular complexity index is 799. The van der Waals surface area contributed by atoms with E-state index in [1.54, 1.807) is 18.5 Å². The van der Waals surface area contributed by atoms with Crippen LogP contribution in [-0.2, 0) is 11.2 Å². The van der Waals surface area contributed by atoms with Gasteiger partial charge in [0.2, 0.25) is 5.95 Å². The number of rotatable bonds is 12. The molecule has 0 unspecified atom stereocenters. The summed E-state index contributed by atoms with van der Waals surface area (Å²) < 4.78 is 4.69. The van der Waals surface area contributed by atoms with Crippen molar-refractivity contribution in [2.24, 2.45) is 0 Å². The van der Waals surface area contributed by atoms with E-state index < -0.39 is 5.97 Å². The zero-order valence-corrected chi connectivity index (χ0v) is 18.5. The number of ether oxygens (including phenoxy) is 1. The zero-order valence-electron chi connectivity index (χ0n) is 18.5. The van der Waals surface area contributed by atoms with E-state index in [1.165, 1.54) is 25.5 Å². The van der Waals surface area contributed by atoms with E-state index in [2.05, 4.69) is 25.3 Å². The van der Waals surface area contributed by atoms with Gasteiger partial charge in [-0.05, 0) is 44.1 Å². The first kappa shape index (κ1) is 24.3. The molecule has 170 valence electrons. The second-order valence-electron chi connectivity index (χ2n) is 7.57. The van der Waals surface area contributed by atoms with E-state index in [-0.39, 0.29) is 6.42 Å². The van der Waals surface area contributed by atoms with Gasteiger partial charge >= 0.3 is 12.0 Å². The van der Waals surface area contributed by atoms with Crippen molar-refractivity contribution in [3.8, 4) is 6.01 Å². The van der Waals surface area contributed by atoms with Crippen molar-refractivity contribution in [3.05, 3.63) is 29.7 Å². The third kappa shape index (κ3) is 9.15. The van der Waals surface area contributed by atoms with Crippen molar-refractivity contribution in [2.45, 2.75) is 70.1 Å². The average Bonchev–Trinajstić information content (AvgIpc) is 3.61. The number of carboxylic acid groups (broad SMARTS) is 1. The summed E-state index contributed by atoms with van der Waals surface area (Å²) in [4.78, 5) is 26.9. The fraction of sp³-hybridized carbons (Fsp3) is 0.591. The Morgan fingerprint density at radius 3 is 2.32 bits per heavy atom. The highest BCUT2D eigenvalue weighted by atomic mass is 16.5. The van der Waals surface area contributed by atoms with Crippen molar-refractivity contribution in [3.63, 3.8) is 0 Å². The molecule has 1 fully saturated rings. The Balaban J connectivity index is 0.000000357. The highest BCUT2D eigenvalue weighted by Crippen LogP contribution is 2.44. The summed E-state index contributed by atoms with van der Waals surface area (Å²) in [5.74, 6) is 1.11. The van der Waals surface area contributed by atoms with Gasteiger partial charge in [0.15, 0.2) is 0 Å². The molecule has 1 aliphatic carbocycles. The van der Waals surface area contributed by atoms with Crippen LogP contribution in [0.3, 0.4) is 0 Å². The number of aliphatic carboxylic acids is 1. The lowest BCUT2D eigenvalue weighted by atomic mass is 10.0. The third-order valence-electron chi connectivity index (χ3n) is 5.04. The van der Waals surface area contributed by atoms with Gasteiger partial charge in [-0.25, -0.2) is 15.0 Å². The summed E-state index contributed by atoms with van der Waals surface area (Å²) in [6.07, 6.45) is 13.2. The summed E-state index contributed by atoms with van der Waals surface area (Å²) in [7, 11) is 3.35. The number of hydrogen-bond acceptors (Lipinski definition) is 8. The Labute approximate surface area is 183 Å². The van der Waals surface area contributed by atoms with Gasteiger partial charge in [0, 0.05) is 31.4 Å². The molecule has 0 saturated heterocycles. The quantitative estimate of drug-likeness (QED) is 0.429. The van der Waals surface area contributed by atoms with E-state index >= 15 is 0 Å². The first-order chi connectivity index (χ1) is 15.0. The maximum atomic E-state index is 10.4. The molecule has 0 atom stereocenters. The minimum atomic E-state index is -0.695. The van der Waals surface area contributed by atoms with Gasteiger partial charge in [0.25, 0.3) is 0 Å². The van der Waals surface area contributed by atoms with Crippen molar-refractivity contribution >= 4 is 17.7 Å². The normalized spacial score (nSPS) is 12.6. The Morgan fingerprint density at radius 2 is 1.77 bits per heavy atom. The van der Waals surface area contributed by atoms with Crippen LogP contribution in [-0.4, -0.2) is 45.2 Å². The summed E-state index contributed by atoms with van der Waals surface area (Å²) >= 11 is 0. The number of methoxy groups -OCH3 is 1. The number of unbranched alkanes of at least 4 members (excludes halogenated alkanes) is 5. The van der Waals surface area contributed by atoms with Crippen LogP contribution in [0.5, 0.6) is 6.01 Å². The molecule has 1 aliphatic rings. The second-order valence-corrected chi connectivity index (χ2v) is 7.57. The van der Waals surface area contributed by atoms with Crippen LogP contribution in [0, 0.1) is 0 Å². The van der Waals surface area contributed by atoms with E-state index in [4.69, 9.17) is 15.6 Å². The minimum Gasteiger partial charge on any atom is -0.481 e. The fourth-order valence-corrected chi connectivity index (χ4v) is 3.32. The van der Waals surface area contributed by atoms with E-state index in [1.807, 2.05) is 7.05 Å². The van der Waals surface area contributed by atoms with Gasteiger partial charge in [0.05, 0.1) is 12.8 Å². The van der Waals surface area contributed by atoms with Gasteiger partial charge in [-0.2, -0.15) is 4.98 Å². The lowest BCUT2D eigenvalue weighted by Crippen LogP contribution is -2.09. The van der Waals surface area contributed by atoms with E-state index in [9.17, 15) is 4.79 Å². The monoisotopic (exact) mass is 430 g/mol. The maximum absolute atomic E-state index is 10.4. The van der Waals surface area contributed by atoms with Crippen molar-refractivity contribution in [1.82, 2.24) is 19.9 Å². The molecule has 2 aromatic rings. The largest absolute Gasteiger partial charge is 0.481 e. The summed E-state index contributed by atoms with van der Waals surface area (Å²) in [6.45, 7) is 0. The lowest BCUT2D eigenvalue weighted by molar-refractivity contribution is -0.137. The number of anilines is 2. The molecule has 2 heterocycles. The SMILES string of the molecule is CNc1nc(N)c(C2CC2)c(CCCCCCCCC(=O)O)n1.COc1ncccn1. The van der Waals surface area contributed by atoms with Crippen LogP contribution in [0.4, 0.5) is 11.8 Å². The predicted molar refractivity (Wildman–Crippen MR) is 120 cm³/mol. The Morgan fingerprint density at radius 1 is 1.13 bits per heavy atom. The van der Waals surface area contributed by atoms with Crippen LogP contribution in [0.15, 0.2) is 18.5 Å². The summed E-state index contributed by atoms with van der Waals surface area (Å²) in [5, 5.41) is 11.6. The molecule has 0 aromatic carbocycles. The molecular formula is C22H34N6O3. The minimum absolute atomic E-state index is 0.289. The Hall–Kier alpha value is -2.97. The van der Waals surface area contributed by atoms with Crippen LogP contribution in [0.25, 0.3) is 0 Å². The number of carboxylic acids is 1. The number of carbonyl (C=O) groups is 1. The second kappa shape index (κ2) is 13.4. The number of nitrogens with two attached hydrogens (primary N) is 1. The van der Waals surface area contributed by atoms with E-state index in [0.29, 0.717) is 23.7 Å². The molecule has 9 heteroatoms. The van der Waals surface area contributed by atoms with Gasteiger partial charge < -0.3 is 20.9 Å². The van der Waals surface area contributed by atoms with Crippen LogP contribution < -0.4 is 15.8 Å². The third-order valence-corrected chi connectivity index (χ3v) is 5.04.